The molecule has 0 fully saturated rings. The van der Waals surface area contributed by atoms with Crippen LogP contribution in [-0.4, -0.2) is 30.5 Å². The molecule has 0 aliphatic carbocycles. The first-order valence-corrected chi connectivity index (χ1v) is 7.51. The van der Waals surface area contributed by atoms with E-state index in [4.69, 9.17) is 0 Å². The van der Waals surface area contributed by atoms with Crippen molar-refractivity contribution in [2.45, 2.75) is 12.2 Å². The van der Waals surface area contributed by atoms with E-state index in [1.807, 2.05) is 49.3 Å². The Hall–Kier alpha value is -2.61. The number of anilines is 1. The predicted octanol–water partition coefficient (Wildman–Crippen LogP) is 4.33. The Bertz CT molecular complexity index is 734. The number of hydrogen-bond acceptors (Lipinski definition) is 4. The zero-order valence-electron chi connectivity index (χ0n) is 13.7. The zero-order chi connectivity index (χ0) is 18.6. The fourth-order valence-electron chi connectivity index (χ4n) is 2.52. The Kier molecular flexibility index (Phi) is 5.63. The third-order valence-corrected chi connectivity index (χ3v) is 3.81. The Morgan fingerprint density at radius 3 is 2.32 bits per heavy atom. The van der Waals surface area contributed by atoms with Crippen LogP contribution < -0.4 is 5.32 Å². The molecule has 0 amide bonds. The van der Waals surface area contributed by atoms with Gasteiger partial charge < -0.3 is 10.2 Å². The molecule has 0 saturated heterocycles. The summed E-state index contributed by atoms with van der Waals surface area (Å²) in [7, 11) is 3.74. The van der Waals surface area contributed by atoms with Gasteiger partial charge in [0.1, 0.15) is 5.56 Å². The van der Waals surface area contributed by atoms with Crippen molar-refractivity contribution in [2.75, 3.05) is 26.0 Å². The number of likely N-dealkylation sites (N-methyl/N-ethyl adjacent to an activating group) is 1. The minimum atomic E-state index is -4.79. The van der Waals surface area contributed by atoms with Gasteiger partial charge >= 0.3 is 6.18 Å². The van der Waals surface area contributed by atoms with Gasteiger partial charge in [-0.3, -0.25) is 10.1 Å². The van der Waals surface area contributed by atoms with E-state index in [1.54, 1.807) is 0 Å². The Morgan fingerprint density at radius 1 is 1.16 bits per heavy atom. The highest BCUT2D eigenvalue weighted by atomic mass is 19.4. The molecule has 2 rings (SSSR count). The largest absolute Gasteiger partial charge is 0.423 e. The molecule has 5 nitrogen and oxygen atoms in total. The monoisotopic (exact) mass is 353 g/mol. The molecule has 0 aliphatic heterocycles. The van der Waals surface area contributed by atoms with Crippen molar-refractivity contribution in [1.29, 1.82) is 0 Å². The lowest BCUT2D eigenvalue weighted by Crippen LogP contribution is -2.26. The minimum absolute atomic E-state index is 0.0641. The summed E-state index contributed by atoms with van der Waals surface area (Å²) >= 11 is 0. The van der Waals surface area contributed by atoms with Crippen LogP contribution in [0.3, 0.4) is 0 Å². The molecule has 0 aliphatic rings. The van der Waals surface area contributed by atoms with Crippen LogP contribution in [0.25, 0.3) is 0 Å². The third-order valence-electron chi connectivity index (χ3n) is 3.81. The average Bonchev–Trinajstić information content (AvgIpc) is 2.54. The molecule has 0 saturated carbocycles. The average molecular weight is 353 g/mol. The quantitative estimate of drug-likeness (QED) is 0.620. The second-order valence-corrected chi connectivity index (χ2v) is 5.76. The lowest BCUT2D eigenvalue weighted by molar-refractivity contribution is -0.388. The Labute approximate surface area is 143 Å². The maximum absolute atomic E-state index is 13.0. The molecular weight excluding hydrogens is 335 g/mol. The van der Waals surface area contributed by atoms with Crippen LogP contribution in [0, 0.1) is 10.1 Å². The summed E-state index contributed by atoms with van der Waals surface area (Å²) in [5.41, 5.74) is -1.02. The summed E-state index contributed by atoms with van der Waals surface area (Å²) in [6.07, 6.45) is -4.79. The fourth-order valence-corrected chi connectivity index (χ4v) is 2.52. The number of halogens is 3. The van der Waals surface area contributed by atoms with Gasteiger partial charge in [0, 0.05) is 18.3 Å². The third kappa shape index (κ3) is 4.69. The number of nitro benzene ring substituents is 1. The highest BCUT2D eigenvalue weighted by molar-refractivity contribution is 5.55. The molecule has 8 heteroatoms. The van der Waals surface area contributed by atoms with E-state index < -0.39 is 22.4 Å². The molecule has 134 valence electrons. The first-order chi connectivity index (χ1) is 11.7. The summed E-state index contributed by atoms with van der Waals surface area (Å²) in [5, 5.41) is 13.7. The van der Waals surface area contributed by atoms with Gasteiger partial charge in [-0.1, -0.05) is 30.3 Å². The van der Waals surface area contributed by atoms with Gasteiger partial charge in [-0.15, -0.1) is 0 Å². The van der Waals surface area contributed by atoms with Crippen LogP contribution in [0.4, 0.5) is 24.5 Å². The number of nitrogens with one attached hydrogen (secondary N) is 1. The second-order valence-electron chi connectivity index (χ2n) is 5.76. The second kappa shape index (κ2) is 7.52. The van der Waals surface area contributed by atoms with Gasteiger partial charge in [-0.25, -0.2) is 0 Å². The maximum atomic E-state index is 13.0. The number of alkyl halides is 3. The number of nitro groups is 1. The van der Waals surface area contributed by atoms with E-state index in [0.29, 0.717) is 6.54 Å². The highest BCUT2D eigenvalue weighted by Crippen LogP contribution is 2.37. The number of rotatable bonds is 6. The molecule has 0 bridgehead atoms. The smallest absolute Gasteiger partial charge is 0.383 e. The van der Waals surface area contributed by atoms with E-state index in [0.717, 1.165) is 17.7 Å². The van der Waals surface area contributed by atoms with Crippen LogP contribution in [-0.2, 0) is 6.18 Å². The molecule has 25 heavy (non-hydrogen) atoms. The Morgan fingerprint density at radius 2 is 1.80 bits per heavy atom. The molecule has 1 atom stereocenters. The molecule has 1 unspecified atom stereocenters. The lowest BCUT2D eigenvalue weighted by atomic mass is 10.1. The summed E-state index contributed by atoms with van der Waals surface area (Å²) in [5.74, 6) is 0. The summed E-state index contributed by atoms with van der Waals surface area (Å²) < 4.78 is 39.1. The number of benzene rings is 2. The van der Waals surface area contributed by atoms with Crippen LogP contribution in [0.2, 0.25) is 0 Å². The number of hydrogen-bond donors (Lipinski definition) is 1. The lowest BCUT2D eigenvalue weighted by Gasteiger charge is -2.25. The molecule has 0 spiro atoms. The van der Waals surface area contributed by atoms with Crippen molar-refractivity contribution in [1.82, 2.24) is 4.90 Å². The maximum Gasteiger partial charge on any atom is 0.423 e. The van der Waals surface area contributed by atoms with E-state index >= 15 is 0 Å². The normalized spacial score (nSPS) is 12.9. The van der Waals surface area contributed by atoms with Gasteiger partial charge in [0.25, 0.3) is 5.69 Å². The standard InChI is InChI=1S/C17H18F3N3O2/c1-22(2)16(12-6-4-3-5-7-12)11-21-13-8-9-15(23(24)25)14(10-13)17(18,19)20/h3-10,16,21H,11H2,1-2H3. The molecule has 1 N–H and O–H groups in total. The van der Waals surface area contributed by atoms with Gasteiger partial charge in [0.15, 0.2) is 0 Å². The molecule has 2 aromatic carbocycles. The van der Waals surface area contributed by atoms with Crippen molar-refractivity contribution < 1.29 is 18.1 Å². The van der Waals surface area contributed by atoms with E-state index in [2.05, 4.69) is 5.32 Å². The SMILES string of the molecule is CN(C)C(CNc1ccc([N+](=O)[O-])c(C(F)(F)F)c1)c1ccccc1. The van der Waals surface area contributed by atoms with Crippen molar-refractivity contribution in [3.8, 4) is 0 Å². The zero-order valence-corrected chi connectivity index (χ0v) is 13.7. The first-order valence-electron chi connectivity index (χ1n) is 7.51. The van der Waals surface area contributed by atoms with Gasteiger partial charge in [0.05, 0.1) is 11.0 Å². The molecule has 2 aromatic rings. The first kappa shape index (κ1) is 18.7. The van der Waals surface area contributed by atoms with Crippen molar-refractivity contribution in [3.05, 3.63) is 69.8 Å². The minimum Gasteiger partial charge on any atom is -0.383 e. The van der Waals surface area contributed by atoms with Crippen LogP contribution in [0.1, 0.15) is 17.2 Å². The van der Waals surface area contributed by atoms with Crippen molar-refractivity contribution in [3.63, 3.8) is 0 Å². The van der Waals surface area contributed by atoms with Crippen LogP contribution in [0.5, 0.6) is 0 Å². The predicted molar refractivity (Wildman–Crippen MR) is 89.5 cm³/mol. The summed E-state index contributed by atoms with van der Waals surface area (Å²) in [6.45, 7) is 0.353. The highest BCUT2D eigenvalue weighted by Gasteiger charge is 2.38. The summed E-state index contributed by atoms with van der Waals surface area (Å²) in [4.78, 5) is 11.7. The van der Waals surface area contributed by atoms with E-state index in [9.17, 15) is 23.3 Å². The van der Waals surface area contributed by atoms with Crippen molar-refractivity contribution >= 4 is 11.4 Å². The fraction of sp³-hybridized carbons (Fsp3) is 0.294. The molecule has 0 aromatic heterocycles. The summed E-state index contributed by atoms with van der Waals surface area (Å²) in [6, 6.07) is 12.4. The molecule has 0 heterocycles. The molecule has 0 radical (unpaired) electrons. The van der Waals surface area contributed by atoms with E-state index in [1.165, 1.54) is 6.07 Å². The van der Waals surface area contributed by atoms with E-state index in [-0.39, 0.29) is 11.7 Å². The topological polar surface area (TPSA) is 58.4 Å². The van der Waals surface area contributed by atoms with Gasteiger partial charge in [0.2, 0.25) is 0 Å². The Balaban J connectivity index is 2.24. The van der Waals surface area contributed by atoms with Crippen LogP contribution >= 0.6 is 0 Å². The van der Waals surface area contributed by atoms with Crippen molar-refractivity contribution in [2.24, 2.45) is 0 Å². The van der Waals surface area contributed by atoms with Gasteiger partial charge in [-0.2, -0.15) is 13.2 Å². The molecular formula is C17H18F3N3O2. The van der Waals surface area contributed by atoms with Crippen LogP contribution in [0.15, 0.2) is 48.5 Å². The number of nitrogens with zero attached hydrogens (tertiary/aromatic N) is 2. The van der Waals surface area contributed by atoms with Gasteiger partial charge in [-0.05, 0) is 31.8 Å².